The minimum atomic E-state index is -0.440. The number of halogens is 1. The van der Waals surface area contributed by atoms with E-state index in [4.69, 9.17) is 11.6 Å². The fraction of sp³-hybridized carbons (Fsp3) is 0.136. The van der Waals surface area contributed by atoms with Gasteiger partial charge in [0, 0.05) is 30.2 Å². The van der Waals surface area contributed by atoms with Gasteiger partial charge in [0.2, 0.25) is 0 Å². The lowest BCUT2D eigenvalue weighted by Crippen LogP contribution is -2.36. The van der Waals surface area contributed by atoms with Gasteiger partial charge in [-0.25, -0.2) is 4.79 Å². The van der Waals surface area contributed by atoms with E-state index < -0.39 is 11.2 Å². The molecule has 0 radical (unpaired) electrons. The third-order valence-corrected chi connectivity index (χ3v) is 5.42. The summed E-state index contributed by atoms with van der Waals surface area (Å²) in [5.41, 5.74) is 5.02. The van der Waals surface area contributed by atoms with Gasteiger partial charge in [0.15, 0.2) is 0 Å². The van der Waals surface area contributed by atoms with Gasteiger partial charge in [-0.05, 0) is 36.8 Å². The van der Waals surface area contributed by atoms with Crippen LogP contribution in [0.1, 0.15) is 15.9 Å². The lowest BCUT2D eigenvalue weighted by atomic mass is 10.0. The number of rotatable bonds is 3. The number of nitrogens with zero attached hydrogens (tertiary/aromatic N) is 3. The fourth-order valence-electron chi connectivity index (χ4n) is 3.51. The smallest absolute Gasteiger partial charge is 0.295 e. The lowest BCUT2D eigenvalue weighted by Gasteiger charge is -2.13. The number of aromatic nitrogens is 3. The highest BCUT2D eigenvalue weighted by molar-refractivity contribution is 6.30. The first-order valence-corrected chi connectivity index (χ1v) is 9.61. The van der Waals surface area contributed by atoms with Crippen LogP contribution in [0.3, 0.4) is 0 Å². The summed E-state index contributed by atoms with van der Waals surface area (Å²) in [4.78, 5) is 38.3. The Morgan fingerprint density at radius 1 is 0.967 bits per heavy atom. The van der Waals surface area contributed by atoms with Gasteiger partial charge >= 0.3 is 5.69 Å². The molecule has 1 amide bonds. The molecular weight excluding hydrogens is 404 g/mol. The Hall–Kier alpha value is -3.58. The third-order valence-electron chi connectivity index (χ3n) is 5.17. The highest BCUT2D eigenvalue weighted by Gasteiger charge is 2.21. The minimum absolute atomic E-state index is 0.352. The summed E-state index contributed by atoms with van der Waals surface area (Å²) in [6.45, 7) is 1.92. The van der Waals surface area contributed by atoms with Crippen molar-refractivity contribution >= 4 is 28.4 Å². The second-order valence-corrected chi connectivity index (χ2v) is 7.51. The molecule has 152 valence electrons. The van der Waals surface area contributed by atoms with Crippen molar-refractivity contribution in [3.8, 4) is 11.3 Å². The second-order valence-electron chi connectivity index (χ2n) is 7.08. The number of amides is 1. The molecule has 8 heteroatoms. The zero-order valence-electron chi connectivity index (χ0n) is 16.6. The molecule has 0 saturated heterocycles. The van der Waals surface area contributed by atoms with E-state index in [-0.39, 0.29) is 5.91 Å². The largest absolute Gasteiger partial charge is 0.330 e. The van der Waals surface area contributed by atoms with Crippen LogP contribution < -0.4 is 16.7 Å². The van der Waals surface area contributed by atoms with Crippen LogP contribution in [0.4, 0.5) is 0 Å². The first-order chi connectivity index (χ1) is 14.3. The Labute approximate surface area is 176 Å². The number of carbonyl (C=O) groups is 1. The van der Waals surface area contributed by atoms with Crippen LogP contribution in [-0.2, 0) is 14.1 Å². The molecule has 4 aromatic rings. The molecule has 2 heterocycles. The highest BCUT2D eigenvalue weighted by Crippen LogP contribution is 2.29. The van der Waals surface area contributed by atoms with Crippen LogP contribution in [0.2, 0.25) is 5.02 Å². The van der Waals surface area contributed by atoms with E-state index in [1.165, 1.54) is 16.3 Å². The molecule has 2 aromatic carbocycles. The van der Waals surface area contributed by atoms with Crippen molar-refractivity contribution in [1.82, 2.24) is 13.8 Å². The van der Waals surface area contributed by atoms with Gasteiger partial charge in [-0.1, -0.05) is 35.9 Å². The van der Waals surface area contributed by atoms with Gasteiger partial charge in [-0.15, -0.1) is 0 Å². The molecule has 0 atom stereocenters. The Bertz CT molecular complexity index is 1410. The molecular formula is C22H19ClN4O3. The van der Waals surface area contributed by atoms with Crippen LogP contribution in [0.25, 0.3) is 22.2 Å². The number of hydrogen-bond acceptors (Lipinski definition) is 3. The molecule has 0 unspecified atom stereocenters. The van der Waals surface area contributed by atoms with Crippen LogP contribution >= 0.6 is 11.6 Å². The molecule has 0 aliphatic carbocycles. The van der Waals surface area contributed by atoms with Gasteiger partial charge in [0.05, 0.1) is 22.8 Å². The fourth-order valence-corrected chi connectivity index (χ4v) is 3.63. The molecule has 0 saturated carbocycles. The standard InChI is InChI=1S/C22H19ClN4O3/c1-13-6-4-5-7-16(13)19-18-17(25(2)22(30)26(3)21(18)29)12-27(19)24-20(28)14-8-10-15(23)11-9-14/h4-12H,1-3H3,(H,24,28). The molecule has 0 aliphatic heterocycles. The molecule has 0 spiro atoms. The van der Waals surface area contributed by atoms with E-state index in [9.17, 15) is 14.4 Å². The molecule has 0 bridgehead atoms. The molecule has 1 N–H and O–H groups in total. The van der Waals surface area contributed by atoms with Gasteiger partial charge in [0.1, 0.15) is 0 Å². The third kappa shape index (κ3) is 3.13. The normalized spacial score (nSPS) is 11.1. The maximum absolute atomic E-state index is 13.0. The highest BCUT2D eigenvalue weighted by atomic mass is 35.5. The van der Waals surface area contributed by atoms with E-state index >= 15 is 0 Å². The number of benzene rings is 2. The quantitative estimate of drug-likeness (QED) is 0.551. The van der Waals surface area contributed by atoms with Crippen molar-refractivity contribution < 1.29 is 4.79 Å². The SMILES string of the molecule is Cc1ccccc1-c1c2c(=O)n(C)c(=O)n(C)c2cn1NC(=O)c1ccc(Cl)cc1. The van der Waals surface area contributed by atoms with Crippen molar-refractivity contribution in [2.75, 3.05) is 5.43 Å². The monoisotopic (exact) mass is 422 g/mol. The summed E-state index contributed by atoms with van der Waals surface area (Å²) in [6, 6.07) is 14.0. The van der Waals surface area contributed by atoms with E-state index in [1.54, 1.807) is 37.5 Å². The van der Waals surface area contributed by atoms with Gasteiger partial charge in [0.25, 0.3) is 11.5 Å². The number of fused-ring (bicyclic) bond motifs is 1. The summed E-state index contributed by atoms with van der Waals surface area (Å²) in [6.07, 6.45) is 1.59. The summed E-state index contributed by atoms with van der Waals surface area (Å²) in [7, 11) is 3.03. The van der Waals surface area contributed by atoms with Crippen LogP contribution in [-0.4, -0.2) is 19.7 Å². The molecule has 0 fully saturated rings. The van der Waals surface area contributed by atoms with Crippen LogP contribution in [0.5, 0.6) is 0 Å². The van der Waals surface area contributed by atoms with E-state index in [0.717, 1.165) is 15.7 Å². The average Bonchev–Trinajstić information content (AvgIpc) is 3.10. The van der Waals surface area contributed by atoms with Crippen LogP contribution in [0.15, 0.2) is 64.3 Å². The van der Waals surface area contributed by atoms with Crippen molar-refractivity contribution in [3.63, 3.8) is 0 Å². The molecule has 7 nitrogen and oxygen atoms in total. The number of nitrogens with one attached hydrogen (secondary N) is 1. The zero-order valence-corrected chi connectivity index (χ0v) is 17.4. The van der Waals surface area contributed by atoms with Crippen molar-refractivity contribution in [2.45, 2.75) is 6.92 Å². The van der Waals surface area contributed by atoms with Crippen LogP contribution in [0, 0.1) is 6.92 Å². The molecule has 2 aromatic heterocycles. The molecule has 0 aliphatic rings. The predicted molar refractivity (Wildman–Crippen MR) is 118 cm³/mol. The maximum Gasteiger partial charge on any atom is 0.330 e. The zero-order chi connectivity index (χ0) is 21.6. The minimum Gasteiger partial charge on any atom is -0.295 e. The van der Waals surface area contributed by atoms with E-state index in [1.807, 2.05) is 31.2 Å². The molecule has 30 heavy (non-hydrogen) atoms. The second kappa shape index (κ2) is 7.35. The van der Waals surface area contributed by atoms with Crippen molar-refractivity contribution in [1.29, 1.82) is 0 Å². The predicted octanol–water partition coefficient (Wildman–Crippen LogP) is 3.05. The average molecular weight is 423 g/mol. The topological polar surface area (TPSA) is 78.0 Å². The van der Waals surface area contributed by atoms with Crippen molar-refractivity contribution in [2.24, 2.45) is 14.1 Å². The van der Waals surface area contributed by atoms with Gasteiger partial charge in [-0.2, -0.15) is 0 Å². The Morgan fingerprint density at radius 2 is 1.63 bits per heavy atom. The van der Waals surface area contributed by atoms with Crippen molar-refractivity contribution in [3.05, 3.63) is 91.7 Å². The summed E-state index contributed by atoms with van der Waals surface area (Å²) < 4.78 is 3.96. The first-order valence-electron chi connectivity index (χ1n) is 9.23. The summed E-state index contributed by atoms with van der Waals surface area (Å²) in [5, 5.41) is 0.877. The Balaban J connectivity index is 1.99. The summed E-state index contributed by atoms with van der Waals surface area (Å²) in [5.74, 6) is -0.372. The number of hydrogen-bond donors (Lipinski definition) is 1. The van der Waals surface area contributed by atoms with Gasteiger partial charge in [-0.3, -0.25) is 28.8 Å². The Kier molecular flexibility index (Phi) is 4.83. The number of aryl methyl sites for hydroxylation is 2. The van der Waals surface area contributed by atoms with Gasteiger partial charge < -0.3 is 0 Å². The maximum atomic E-state index is 13.0. The molecule has 4 rings (SSSR count). The summed E-state index contributed by atoms with van der Waals surface area (Å²) >= 11 is 5.91. The number of carbonyl (C=O) groups excluding carboxylic acids is 1. The van der Waals surface area contributed by atoms with E-state index in [0.29, 0.717) is 27.2 Å². The Morgan fingerprint density at radius 3 is 2.30 bits per heavy atom. The first kappa shape index (κ1) is 19.7. The van der Waals surface area contributed by atoms with E-state index in [2.05, 4.69) is 5.43 Å². The lowest BCUT2D eigenvalue weighted by molar-refractivity contribution is 0.101.